The first-order valence-corrected chi connectivity index (χ1v) is 11.6. The van der Waals surface area contributed by atoms with Crippen molar-refractivity contribution in [2.24, 2.45) is 0 Å². The summed E-state index contributed by atoms with van der Waals surface area (Å²) in [6, 6.07) is 5.28. The Kier molecular flexibility index (Phi) is 7.96. The fourth-order valence-electron chi connectivity index (χ4n) is 2.96. The van der Waals surface area contributed by atoms with Gasteiger partial charge < -0.3 is 20.3 Å². The fourth-order valence-corrected chi connectivity index (χ4v) is 4.93. The molecule has 2 heterocycles. The number of ether oxygens (including phenoxy) is 1. The lowest BCUT2D eigenvalue weighted by molar-refractivity contribution is 0.0601. The maximum atomic E-state index is 12.5. The number of hydrogen-bond acceptors (Lipinski definition) is 6. The zero-order chi connectivity index (χ0) is 24.3. The number of methoxy groups -OCH3 is 1. The minimum absolute atomic E-state index is 0.211. The summed E-state index contributed by atoms with van der Waals surface area (Å²) in [6.07, 6.45) is 3.38. The van der Waals surface area contributed by atoms with Crippen molar-refractivity contribution in [3.63, 3.8) is 0 Å². The van der Waals surface area contributed by atoms with Crippen molar-refractivity contribution in [1.29, 1.82) is 0 Å². The lowest BCUT2D eigenvalue weighted by Gasteiger charge is -2.09. The molecule has 0 aliphatic rings. The van der Waals surface area contributed by atoms with Crippen molar-refractivity contribution in [1.82, 2.24) is 14.7 Å². The molecule has 0 unspecified atom stereocenters. The number of benzene rings is 1. The topological polar surface area (TPSA) is 88.5 Å². The molecule has 3 rings (SSSR count). The van der Waals surface area contributed by atoms with Crippen molar-refractivity contribution in [3.8, 4) is 0 Å². The van der Waals surface area contributed by atoms with Gasteiger partial charge in [-0.2, -0.15) is 5.10 Å². The van der Waals surface area contributed by atoms with Crippen LogP contribution in [0.4, 0.5) is 10.7 Å². The quantitative estimate of drug-likeness (QED) is 0.349. The van der Waals surface area contributed by atoms with E-state index >= 15 is 0 Å². The molecular formula is C21H21Cl2N5O3S2. The third kappa shape index (κ3) is 5.83. The Hall–Kier alpha value is -2.66. The molecule has 174 valence electrons. The van der Waals surface area contributed by atoms with Gasteiger partial charge in [-0.15, -0.1) is 11.3 Å². The zero-order valence-electron chi connectivity index (χ0n) is 18.2. The average molecular weight is 526 g/mol. The fraction of sp³-hybridized carbons (Fsp3) is 0.238. The smallest absolute Gasteiger partial charge is 0.341 e. The molecule has 33 heavy (non-hydrogen) atoms. The number of carbonyl (C=O) groups excluding carboxylic acids is 2. The van der Waals surface area contributed by atoms with Crippen molar-refractivity contribution in [3.05, 3.63) is 62.2 Å². The number of thiophene rings is 1. The van der Waals surface area contributed by atoms with Gasteiger partial charge in [0.25, 0.3) is 5.91 Å². The standard InChI is InChI=1S/C21H21Cl2N5O3S2/c1-11-16(20(30)31-4)18(33-17(11)19(29)27(2)3)26-21(32)25-14-8-24-28(10-14)9-12-5-6-13(22)7-15(12)23/h5-8,10H,9H2,1-4H3,(H2,25,26,32). The number of halogens is 2. The summed E-state index contributed by atoms with van der Waals surface area (Å²) in [5, 5.41) is 12.1. The molecule has 0 atom stereocenters. The van der Waals surface area contributed by atoms with Gasteiger partial charge in [-0.25, -0.2) is 4.79 Å². The van der Waals surface area contributed by atoms with Crippen molar-refractivity contribution < 1.29 is 14.3 Å². The number of aromatic nitrogens is 2. The van der Waals surface area contributed by atoms with E-state index in [1.165, 1.54) is 12.0 Å². The van der Waals surface area contributed by atoms with Crippen LogP contribution in [0, 0.1) is 6.92 Å². The van der Waals surface area contributed by atoms with Crippen LogP contribution in [-0.2, 0) is 11.3 Å². The normalized spacial score (nSPS) is 10.6. The summed E-state index contributed by atoms with van der Waals surface area (Å²) in [7, 11) is 4.58. The van der Waals surface area contributed by atoms with Crippen LogP contribution in [0.15, 0.2) is 30.6 Å². The Balaban J connectivity index is 1.75. The van der Waals surface area contributed by atoms with Gasteiger partial charge in [0, 0.05) is 30.3 Å². The largest absolute Gasteiger partial charge is 0.465 e. The average Bonchev–Trinajstić information content (AvgIpc) is 3.32. The van der Waals surface area contributed by atoms with Gasteiger partial charge in [0.05, 0.1) is 36.0 Å². The number of amides is 1. The van der Waals surface area contributed by atoms with Crippen LogP contribution in [0.3, 0.4) is 0 Å². The van der Waals surface area contributed by atoms with Crippen molar-refractivity contribution >= 4 is 74.4 Å². The van der Waals surface area contributed by atoms with E-state index in [1.807, 2.05) is 6.07 Å². The molecule has 0 fully saturated rings. The molecule has 0 aliphatic heterocycles. The summed E-state index contributed by atoms with van der Waals surface area (Å²) >= 11 is 18.7. The van der Waals surface area contributed by atoms with E-state index in [-0.39, 0.29) is 16.6 Å². The Labute approximate surface area is 210 Å². The summed E-state index contributed by atoms with van der Waals surface area (Å²) in [5.41, 5.74) is 2.30. The van der Waals surface area contributed by atoms with E-state index in [9.17, 15) is 9.59 Å². The van der Waals surface area contributed by atoms with E-state index in [4.69, 9.17) is 40.2 Å². The Morgan fingerprint density at radius 1 is 1.27 bits per heavy atom. The van der Waals surface area contributed by atoms with E-state index in [0.29, 0.717) is 37.7 Å². The highest BCUT2D eigenvalue weighted by Gasteiger charge is 2.26. The highest BCUT2D eigenvalue weighted by molar-refractivity contribution is 7.80. The summed E-state index contributed by atoms with van der Waals surface area (Å²) in [4.78, 5) is 26.7. The lowest BCUT2D eigenvalue weighted by atomic mass is 10.1. The predicted molar refractivity (Wildman–Crippen MR) is 136 cm³/mol. The number of thiocarbonyl (C=S) groups is 1. The van der Waals surface area contributed by atoms with Crippen molar-refractivity contribution in [2.45, 2.75) is 13.5 Å². The number of anilines is 2. The first-order valence-electron chi connectivity index (χ1n) is 9.58. The highest BCUT2D eigenvalue weighted by Crippen LogP contribution is 2.34. The van der Waals surface area contributed by atoms with Crippen LogP contribution in [0.1, 0.15) is 31.2 Å². The minimum atomic E-state index is -0.556. The van der Waals surface area contributed by atoms with Crippen LogP contribution in [-0.4, -0.2) is 52.9 Å². The molecule has 0 saturated heterocycles. The van der Waals surface area contributed by atoms with E-state index in [2.05, 4.69) is 15.7 Å². The lowest BCUT2D eigenvalue weighted by Crippen LogP contribution is -2.21. The van der Waals surface area contributed by atoms with Gasteiger partial charge in [0.15, 0.2) is 5.11 Å². The van der Waals surface area contributed by atoms with Gasteiger partial charge >= 0.3 is 5.97 Å². The van der Waals surface area contributed by atoms with Gasteiger partial charge in [-0.05, 0) is 42.4 Å². The first kappa shape index (κ1) is 25.0. The van der Waals surface area contributed by atoms with E-state index in [0.717, 1.165) is 16.9 Å². The molecular weight excluding hydrogens is 505 g/mol. The second kappa shape index (κ2) is 10.5. The first-order chi connectivity index (χ1) is 15.6. The van der Waals surface area contributed by atoms with Gasteiger partial charge in [-0.1, -0.05) is 29.3 Å². The van der Waals surface area contributed by atoms with Gasteiger partial charge in [0.1, 0.15) is 5.00 Å². The molecule has 0 aliphatic carbocycles. The molecule has 3 aromatic rings. The van der Waals surface area contributed by atoms with Crippen LogP contribution >= 0.6 is 46.8 Å². The van der Waals surface area contributed by atoms with E-state index in [1.54, 1.807) is 50.2 Å². The highest BCUT2D eigenvalue weighted by atomic mass is 35.5. The SMILES string of the molecule is COC(=O)c1c(NC(=S)Nc2cnn(Cc3ccc(Cl)cc3Cl)c2)sc(C(=O)N(C)C)c1C. The summed E-state index contributed by atoms with van der Waals surface area (Å²) < 4.78 is 6.59. The molecule has 1 aromatic carbocycles. The molecule has 0 bridgehead atoms. The second-order valence-corrected chi connectivity index (χ2v) is 9.47. The number of carbonyl (C=O) groups is 2. The predicted octanol–water partition coefficient (Wildman–Crippen LogP) is 4.91. The van der Waals surface area contributed by atoms with Gasteiger partial charge in [0.2, 0.25) is 0 Å². The molecule has 8 nitrogen and oxygen atoms in total. The Morgan fingerprint density at radius 3 is 2.64 bits per heavy atom. The number of nitrogens with zero attached hydrogens (tertiary/aromatic N) is 3. The molecule has 2 aromatic heterocycles. The monoisotopic (exact) mass is 525 g/mol. The molecule has 0 radical (unpaired) electrons. The number of nitrogens with one attached hydrogen (secondary N) is 2. The summed E-state index contributed by atoms with van der Waals surface area (Å²) in [5.74, 6) is -0.767. The number of hydrogen-bond donors (Lipinski definition) is 2. The second-order valence-electron chi connectivity index (χ2n) is 7.19. The molecule has 1 amide bonds. The third-order valence-corrected chi connectivity index (χ3v) is 6.59. The van der Waals surface area contributed by atoms with Crippen LogP contribution in [0.2, 0.25) is 10.0 Å². The third-order valence-electron chi connectivity index (χ3n) is 4.60. The van der Waals surface area contributed by atoms with E-state index < -0.39 is 5.97 Å². The van der Waals surface area contributed by atoms with Crippen molar-refractivity contribution in [2.75, 3.05) is 31.8 Å². The molecule has 12 heteroatoms. The van der Waals surface area contributed by atoms with Crippen LogP contribution in [0.25, 0.3) is 0 Å². The molecule has 0 saturated carbocycles. The number of rotatable bonds is 6. The molecule has 0 spiro atoms. The van der Waals surface area contributed by atoms with Gasteiger partial charge in [-0.3, -0.25) is 9.48 Å². The minimum Gasteiger partial charge on any atom is -0.465 e. The summed E-state index contributed by atoms with van der Waals surface area (Å²) in [6.45, 7) is 2.15. The number of esters is 1. The zero-order valence-corrected chi connectivity index (χ0v) is 21.4. The van der Waals surface area contributed by atoms with Crippen LogP contribution in [0.5, 0.6) is 0 Å². The van der Waals surface area contributed by atoms with Crippen LogP contribution < -0.4 is 10.6 Å². The Morgan fingerprint density at radius 2 is 2.00 bits per heavy atom. The maximum Gasteiger partial charge on any atom is 0.341 e. The molecule has 2 N–H and O–H groups in total. The maximum absolute atomic E-state index is 12.5. The Bertz CT molecular complexity index is 1220.